The highest BCUT2D eigenvalue weighted by Crippen LogP contribution is 2.34. The molecule has 3 rings (SSSR count). The second kappa shape index (κ2) is 8.06. The van der Waals surface area contributed by atoms with E-state index in [0.717, 1.165) is 37.5 Å². The number of carbonyl (C=O) groups excluding carboxylic acids is 2. The molecule has 2 fully saturated rings. The number of rotatable bonds is 4. The summed E-state index contributed by atoms with van der Waals surface area (Å²) in [7, 11) is 0. The van der Waals surface area contributed by atoms with Crippen LogP contribution in [0.1, 0.15) is 24.8 Å². The molecule has 1 heterocycles. The number of halogens is 4. The lowest BCUT2D eigenvalue weighted by atomic mass is 10.2. The molecule has 0 aromatic heterocycles. The summed E-state index contributed by atoms with van der Waals surface area (Å²) in [6.45, 7) is 2.48. The number of nitrogens with one attached hydrogen (secondary N) is 1. The van der Waals surface area contributed by atoms with Crippen molar-refractivity contribution >= 4 is 29.1 Å². The number of alkyl halides is 3. The maximum absolute atomic E-state index is 12.8. The van der Waals surface area contributed by atoms with Crippen LogP contribution in [-0.2, 0) is 15.8 Å². The van der Waals surface area contributed by atoms with Gasteiger partial charge in [0.2, 0.25) is 11.8 Å². The molecule has 27 heavy (non-hydrogen) atoms. The van der Waals surface area contributed by atoms with E-state index < -0.39 is 17.6 Å². The molecule has 1 N–H and O–H groups in total. The largest absolute Gasteiger partial charge is 0.416 e. The molecule has 1 aromatic carbocycles. The van der Waals surface area contributed by atoms with Gasteiger partial charge in [-0.15, -0.1) is 0 Å². The maximum Gasteiger partial charge on any atom is 0.416 e. The molecule has 0 bridgehead atoms. The first kappa shape index (κ1) is 19.9. The van der Waals surface area contributed by atoms with E-state index in [0.29, 0.717) is 26.2 Å². The monoisotopic (exact) mass is 403 g/mol. The Hall–Kier alpha value is -1.80. The van der Waals surface area contributed by atoms with Crippen LogP contribution in [0.25, 0.3) is 0 Å². The zero-order valence-electron chi connectivity index (χ0n) is 14.7. The van der Waals surface area contributed by atoms with Crippen molar-refractivity contribution in [2.24, 2.45) is 5.92 Å². The van der Waals surface area contributed by atoms with Gasteiger partial charge in [-0.1, -0.05) is 11.6 Å². The molecule has 0 spiro atoms. The van der Waals surface area contributed by atoms with Crippen molar-refractivity contribution in [3.8, 4) is 0 Å². The van der Waals surface area contributed by atoms with E-state index in [1.54, 1.807) is 0 Å². The quantitative estimate of drug-likeness (QED) is 0.839. The molecule has 0 radical (unpaired) electrons. The van der Waals surface area contributed by atoms with Gasteiger partial charge in [0.1, 0.15) is 0 Å². The molecule has 1 saturated heterocycles. The number of anilines is 1. The molecular formula is C18H21ClF3N3O2. The summed E-state index contributed by atoms with van der Waals surface area (Å²) in [5.74, 6) is -0.0712. The normalized spacial score (nSPS) is 18.9. The van der Waals surface area contributed by atoms with E-state index in [1.165, 1.54) is 0 Å². The van der Waals surface area contributed by atoms with Crippen molar-refractivity contribution in [1.82, 2.24) is 9.80 Å². The number of carbonyl (C=O) groups is 2. The molecule has 1 aromatic rings. The molecule has 148 valence electrons. The first-order valence-electron chi connectivity index (χ1n) is 8.92. The van der Waals surface area contributed by atoms with Crippen LogP contribution in [0.2, 0.25) is 5.02 Å². The lowest BCUT2D eigenvalue weighted by Crippen LogP contribution is -2.38. The number of benzene rings is 1. The Morgan fingerprint density at radius 1 is 1.15 bits per heavy atom. The van der Waals surface area contributed by atoms with Crippen LogP contribution in [-0.4, -0.2) is 54.3 Å². The lowest BCUT2D eigenvalue weighted by Gasteiger charge is -2.22. The Morgan fingerprint density at radius 3 is 2.56 bits per heavy atom. The van der Waals surface area contributed by atoms with E-state index in [9.17, 15) is 22.8 Å². The molecule has 0 unspecified atom stereocenters. The van der Waals surface area contributed by atoms with Gasteiger partial charge in [-0.05, 0) is 37.5 Å². The summed E-state index contributed by atoms with van der Waals surface area (Å²) < 4.78 is 38.5. The molecule has 1 aliphatic carbocycles. The fourth-order valence-corrected chi connectivity index (χ4v) is 3.29. The van der Waals surface area contributed by atoms with E-state index in [2.05, 4.69) is 5.32 Å². The zero-order chi connectivity index (χ0) is 19.6. The molecule has 9 heteroatoms. The first-order valence-corrected chi connectivity index (χ1v) is 9.29. The van der Waals surface area contributed by atoms with Gasteiger partial charge in [0.25, 0.3) is 0 Å². The van der Waals surface area contributed by atoms with Crippen molar-refractivity contribution in [2.45, 2.75) is 25.4 Å². The van der Waals surface area contributed by atoms with Gasteiger partial charge in [0.05, 0.1) is 22.8 Å². The third-order valence-electron chi connectivity index (χ3n) is 4.76. The Labute approximate surface area is 160 Å². The van der Waals surface area contributed by atoms with Crippen molar-refractivity contribution in [3.05, 3.63) is 28.8 Å². The fraction of sp³-hybridized carbons (Fsp3) is 0.556. The van der Waals surface area contributed by atoms with Crippen molar-refractivity contribution in [3.63, 3.8) is 0 Å². The summed E-state index contributed by atoms with van der Waals surface area (Å²) in [6, 6.07) is 2.82. The van der Waals surface area contributed by atoms with Crippen LogP contribution in [0.15, 0.2) is 18.2 Å². The van der Waals surface area contributed by atoms with E-state index in [1.807, 2.05) is 9.80 Å². The highest BCUT2D eigenvalue weighted by Gasteiger charge is 2.34. The van der Waals surface area contributed by atoms with E-state index >= 15 is 0 Å². The standard InChI is InChI=1S/C18H21ClF3N3O2/c19-14-5-4-13(18(20,21)22)10-15(14)23-16(26)11-24-6-1-7-25(9-8-24)17(27)12-2-3-12/h4-5,10,12H,1-3,6-9,11H2,(H,23,26). The van der Waals surface area contributed by atoms with Crippen LogP contribution in [0, 0.1) is 5.92 Å². The van der Waals surface area contributed by atoms with E-state index in [4.69, 9.17) is 11.6 Å². The SMILES string of the molecule is O=C(CN1CCCN(C(=O)C2CC2)CC1)Nc1cc(C(F)(F)F)ccc1Cl. The Balaban J connectivity index is 1.55. The summed E-state index contributed by atoms with van der Waals surface area (Å²) in [5, 5.41) is 2.51. The zero-order valence-corrected chi connectivity index (χ0v) is 15.4. The lowest BCUT2D eigenvalue weighted by molar-refractivity contribution is -0.137. The predicted octanol–water partition coefficient (Wildman–Crippen LogP) is 3.24. The van der Waals surface area contributed by atoms with Crippen molar-refractivity contribution in [1.29, 1.82) is 0 Å². The Bertz CT molecular complexity index is 722. The first-order chi connectivity index (χ1) is 12.7. The molecule has 1 saturated carbocycles. The third-order valence-corrected chi connectivity index (χ3v) is 5.09. The Kier molecular flexibility index (Phi) is 5.95. The molecule has 5 nitrogen and oxygen atoms in total. The Morgan fingerprint density at radius 2 is 1.89 bits per heavy atom. The summed E-state index contributed by atoms with van der Waals surface area (Å²) in [6.07, 6.45) is -1.83. The summed E-state index contributed by atoms with van der Waals surface area (Å²) >= 11 is 5.91. The van der Waals surface area contributed by atoms with Gasteiger partial charge in [-0.3, -0.25) is 14.5 Å². The smallest absolute Gasteiger partial charge is 0.341 e. The van der Waals surface area contributed by atoms with Crippen LogP contribution in [0.5, 0.6) is 0 Å². The predicted molar refractivity (Wildman–Crippen MR) is 95.4 cm³/mol. The molecular weight excluding hydrogens is 383 g/mol. The number of hydrogen-bond donors (Lipinski definition) is 1. The topological polar surface area (TPSA) is 52.7 Å². The van der Waals surface area contributed by atoms with Crippen LogP contribution in [0.3, 0.4) is 0 Å². The highest BCUT2D eigenvalue weighted by atomic mass is 35.5. The van der Waals surface area contributed by atoms with E-state index in [-0.39, 0.29) is 29.1 Å². The van der Waals surface area contributed by atoms with Gasteiger partial charge in [0.15, 0.2) is 0 Å². The molecule has 0 atom stereocenters. The second-order valence-corrected chi connectivity index (χ2v) is 7.38. The van der Waals surface area contributed by atoms with Crippen LogP contribution < -0.4 is 5.32 Å². The van der Waals surface area contributed by atoms with Crippen molar-refractivity contribution in [2.75, 3.05) is 38.0 Å². The van der Waals surface area contributed by atoms with Gasteiger partial charge in [0, 0.05) is 32.1 Å². The summed E-state index contributed by atoms with van der Waals surface area (Å²) in [5.41, 5.74) is -0.928. The van der Waals surface area contributed by atoms with Gasteiger partial charge >= 0.3 is 6.18 Å². The minimum absolute atomic E-state index is 0.0397. The maximum atomic E-state index is 12.8. The molecule has 2 amide bonds. The third kappa shape index (κ3) is 5.35. The van der Waals surface area contributed by atoms with Crippen LogP contribution >= 0.6 is 11.6 Å². The van der Waals surface area contributed by atoms with Gasteiger partial charge in [-0.25, -0.2) is 0 Å². The van der Waals surface area contributed by atoms with Gasteiger partial charge < -0.3 is 10.2 Å². The highest BCUT2D eigenvalue weighted by molar-refractivity contribution is 6.33. The number of hydrogen-bond acceptors (Lipinski definition) is 3. The second-order valence-electron chi connectivity index (χ2n) is 6.97. The van der Waals surface area contributed by atoms with Crippen LogP contribution in [0.4, 0.5) is 18.9 Å². The minimum atomic E-state index is -4.51. The average Bonchev–Trinajstić information content (AvgIpc) is 3.42. The molecule has 2 aliphatic rings. The number of amides is 2. The van der Waals surface area contributed by atoms with Crippen molar-refractivity contribution < 1.29 is 22.8 Å². The minimum Gasteiger partial charge on any atom is -0.341 e. The molecule has 1 aliphatic heterocycles. The summed E-state index contributed by atoms with van der Waals surface area (Å²) in [4.78, 5) is 28.2. The average molecular weight is 404 g/mol. The van der Waals surface area contributed by atoms with Gasteiger partial charge in [-0.2, -0.15) is 13.2 Å². The fourth-order valence-electron chi connectivity index (χ4n) is 3.13. The number of nitrogens with zero attached hydrogens (tertiary/aromatic N) is 2.